The van der Waals surface area contributed by atoms with Gasteiger partial charge in [0.1, 0.15) is 5.69 Å². The Kier molecular flexibility index (Phi) is 3.57. The van der Waals surface area contributed by atoms with Crippen LogP contribution in [0.15, 0.2) is 77.6 Å². The van der Waals surface area contributed by atoms with E-state index in [1.807, 2.05) is 12.3 Å². The maximum Gasteiger partial charge on any atom is 0.100 e. The summed E-state index contributed by atoms with van der Waals surface area (Å²) < 4.78 is 0. The molecule has 0 fully saturated rings. The molecule has 0 saturated carbocycles. The summed E-state index contributed by atoms with van der Waals surface area (Å²) in [6.07, 6.45) is 7.18. The zero-order valence-corrected chi connectivity index (χ0v) is 14.9. The summed E-state index contributed by atoms with van der Waals surface area (Å²) in [5.74, 6) is 0. The lowest BCUT2D eigenvalue weighted by molar-refractivity contribution is 0.601. The van der Waals surface area contributed by atoms with Crippen molar-refractivity contribution in [2.75, 3.05) is 0 Å². The molecule has 26 heavy (non-hydrogen) atoms. The zero-order valence-electron chi connectivity index (χ0n) is 14.1. The molecule has 3 aromatic heterocycles. The van der Waals surface area contributed by atoms with Crippen LogP contribution in [0.1, 0.15) is 22.5 Å². The number of benzene rings is 1. The van der Waals surface area contributed by atoms with E-state index in [0.717, 1.165) is 23.5 Å². The first-order chi connectivity index (χ1) is 12.9. The van der Waals surface area contributed by atoms with E-state index in [1.54, 1.807) is 11.3 Å². The molecule has 126 valence electrons. The normalized spacial score (nSPS) is 18.6. The van der Waals surface area contributed by atoms with Gasteiger partial charge in [0.15, 0.2) is 0 Å². The molecular formula is C22H17N3S. The highest BCUT2D eigenvalue weighted by Gasteiger charge is 2.37. The van der Waals surface area contributed by atoms with E-state index in [0.29, 0.717) is 0 Å². The Morgan fingerprint density at radius 3 is 2.65 bits per heavy atom. The summed E-state index contributed by atoms with van der Waals surface area (Å²) in [6, 6.07) is 18.8. The molecule has 1 N–H and O–H groups in total. The summed E-state index contributed by atoms with van der Waals surface area (Å²) in [5, 5.41) is 12.1. The molecule has 1 aromatic carbocycles. The molecule has 1 unspecified atom stereocenters. The highest BCUT2D eigenvalue weighted by molar-refractivity contribution is 7.08. The van der Waals surface area contributed by atoms with E-state index in [9.17, 15) is 0 Å². The van der Waals surface area contributed by atoms with Crippen molar-refractivity contribution in [1.29, 1.82) is 0 Å². The molecule has 0 radical (unpaired) electrons. The van der Waals surface area contributed by atoms with E-state index in [-0.39, 0.29) is 5.41 Å². The lowest BCUT2D eigenvalue weighted by atomic mass is 9.70. The van der Waals surface area contributed by atoms with E-state index >= 15 is 0 Å². The van der Waals surface area contributed by atoms with Crippen molar-refractivity contribution in [3.8, 4) is 11.3 Å². The van der Waals surface area contributed by atoms with Gasteiger partial charge in [-0.2, -0.15) is 16.4 Å². The fourth-order valence-corrected chi connectivity index (χ4v) is 4.41. The fourth-order valence-electron chi connectivity index (χ4n) is 3.77. The van der Waals surface area contributed by atoms with E-state index < -0.39 is 0 Å². The number of thiophene rings is 1. The third-order valence-corrected chi connectivity index (χ3v) is 5.76. The highest BCUT2D eigenvalue weighted by Crippen LogP contribution is 2.42. The molecule has 3 nitrogen and oxygen atoms in total. The number of H-pyrrole nitrogens is 1. The average Bonchev–Trinajstić information content (AvgIpc) is 3.38. The van der Waals surface area contributed by atoms with Crippen molar-refractivity contribution in [2.24, 2.45) is 0 Å². The first-order valence-corrected chi connectivity index (χ1v) is 9.57. The molecule has 0 spiro atoms. The van der Waals surface area contributed by atoms with Crippen LogP contribution >= 0.6 is 11.3 Å². The van der Waals surface area contributed by atoms with E-state index in [4.69, 9.17) is 4.98 Å². The molecule has 3 heterocycles. The molecular weight excluding hydrogens is 338 g/mol. The number of allylic oxidation sites excluding steroid dienone is 1. The predicted molar refractivity (Wildman–Crippen MR) is 106 cm³/mol. The van der Waals surface area contributed by atoms with Crippen LogP contribution in [-0.2, 0) is 11.8 Å². The summed E-state index contributed by atoms with van der Waals surface area (Å²) >= 11 is 1.69. The smallest absolute Gasteiger partial charge is 0.100 e. The molecule has 0 aliphatic heterocycles. The highest BCUT2D eigenvalue weighted by atomic mass is 32.1. The summed E-state index contributed by atoms with van der Waals surface area (Å²) in [5.41, 5.74) is 6.55. The number of nitrogens with zero attached hydrogens (tertiary/aromatic N) is 2. The lowest BCUT2D eigenvalue weighted by Crippen LogP contribution is -2.31. The topological polar surface area (TPSA) is 41.6 Å². The van der Waals surface area contributed by atoms with Gasteiger partial charge in [-0.1, -0.05) is 48.6 Å². The number of rotatable bonds is 3. The Balaban J connectivity index is 1.67. The van der Waals surface area contributed by atoms with Crippen molar-refractivity contribution in [3.05, 3.63) is 100 Å². The summed E-state index contributed by atoms with van der Waals surface area (Å²) in [6.45, 7) is 0. The summed E-state index contributed by atoms with van der Waals surface area (Å²) in [7, 11) is 0. The van der Waals surface area contributed by atoms with Crippen LogP contribution in [0.25, 0.3) is 17.3 Å². The number of pyridine rings is 1. The quantitative estimate of drug-likeness (QED) is 0.556. The monoisotopic (exact) mass is 355 g/mol. The maximum atomic E-state index is 4.70. The average molecular weight is 355 g/mol. The zero-order chi connectivity index (χ0) is 17.4. The van der Waals surface area contributed by atoms with Gasteiger partial charge in [0.2, 0.25) is 0 Å². The molecule has 0 amide bonds. The van der Waals surface area contributed by atoms with Gasteiger partial charge in [-0.3, -0.25) is 10.1 Å². The lowest BCUT2D eigenvalue weighted by Gasteiger charge is -2.33. The van der Waals surface area contributed by atoms with Crippen molar-refractivity contribution in [3.63, 3.8) is 0 Å². The van der Waals surface area contributed by atoms with Gasteiger partial charge in [0.05, 0.1) is 11.1 Å². The largest absolute Gasteiger partial charge is 0.281 e. The van der Waals surface area contributed by atoms with Crippen LogP contribution < -0.4 is 0 Å². The van der Waals surface area contributed by atoms with Gasteiger partial charge in [0.25, 0.3) is 0 Å². The molecule has 0 saturated heterocycles. The molecule has 0 bridgehead atoms. The minimum atomic E-state index is -0.284. The van der Waals surface area contributed by atoms with Crippen LogP contribution in [0, 0.1) is 0 Å². The van der Waals surface area contributed by atoms with Gasteiger partial charge in [-0.15, -0.1) is 0 Å². The van der Waals surface area contributed by atoms with Gasteiger partial charge in [-0.05, 0) is 29.1 Å². The predicted octanol–water partition coefficient (Wildman–Crippen LogP) is 5.09. The first kappa shape index (κ1) is 15.3. The second-order valence-electron chi connectivity index (χ2n) is 6.54. The maximum absolute atomic E-state index is 4.70. The first-order valence-electron chi connectivity index (χ1n) is 8.63. The Morgan fingerprint density at radius 1 is 1.00 bits per heavy atom. The Morgan fingerprint density at radius 2 is 1.88 bits per heavy atom. The van der Waals surface area contributed by atoms with Crippen LogP contribution in [0.3, 0.4) is 0 Å². The van der Waals surface area contributed by atoms with E-state index in [2.05, 4.69) is 81.6 Å². The number of aromatic amines is 1. The number of aromatic nitrogens is 3. The fraction of sp³-hybridized carbons (Fsp3) is 0.0909. The minimum absolute atomic E-state index is 0.284. The van der Waals surface area contributed by atoms with Crippen LogP contribution in [-0.4, -0.2) is 15.2 Å². The SMILES string of the molecule is C1=CC(c2ccccc2)(c2ccccn2)Cc2[nH]nc(-c3ccsc3)c21. The van der Waals surface area contributed by atoms with Crippen molar-refractivity contribution in [1.82, 2.24) is 15.2 Å². The van der Waals surface area contributed by atoms with Crippen LogP contribution in [0.2, 0.25) is 0 Å². The van der Waals surface area contributed by atoms with Crippen molar-refractivity contribution < 1.29 is 0 Å². The molecule has 4 aromatic rings. The minimum Gasteiger partial charge on any atom is -0.281 e. The molecule has 1 aliphatic rings. The Bertz CT molecular complexity index is 1010. The van der Waals surface area contributed by atoms with E-state index in [1.165, 1.54) is 16.7 Å². The number of hydrogen-bond donors (Lipinski definition) is 1. The molecule has 4 heteroatoms. The second kappa shape index (κ2) is 6.07. The van der Waals surface area contributed by atoms with Crippen molar-refractivity contribution in [2.45, 2.75) is 11.8 Å². The van der Waals surface area contributed by atoms with Crippen LogP contribution in [0.5, 0.6) is 0 Å². The second-order valence-corrected chi connectivity index (χ2v) is 7.32. The molecule has 1 atom stereocenters. The third-order valence-electron chi connectivity index (χ3n) is 5.08. The van der Waals surface area contributed by atoms with Gasteiger partial charge >= 0.3 is 0 Å². The third kappa shape index (κ3) is 2.34. The standard InChI is InChI=1S/C22H17N3S/c1-2-6-17(7-3-1)22(20-8-4-5-12-23-20)11-9-18-19(14-22)24-25-21(18)16-10-13-26-15-16/h1-13,15H,14H2,(H,24,25). The number of fused-ring (bicyclic) bond motifs is 1. The Hall–Kier alpha value is -2.98. The number of hydrogen-bond acceptors (Lipinski definition) is 3. The van der Waals surface area contributed by atoms with Gasteiger partial charge in [0, 0.05) is 34.8 Å². The summed E-state index contributed by atoms with van der Waals surface area (Å²) in [4.78, 5) is 4.70. The van der Waals surface area contributed by atoms with Gasteiger partial charge < -0.3 is 0 Å². The van der Waals surface area contributed by atoms with Crippen LogP contribution in [0.4, 0.5) is 0 Å². The number of nitrogens with one attached hydrogen (secondary N) is 1. The Labute approximate surface area is 156 Å². The van der Waals surface area contributed by atoms with Crippen molar-refractivity contribution >= 4 is 17.4 Å². The molecule has 1 aliphatic carbocycles. The van der Waals surface area contributed by atoms with Gasteiger partial charge in [-0.25, -0.2) is 0 Å². The molecule has 5 rings (SSSR count).